The van der Waals surface area contributed by atoms with Crippen molar-refractivity contribution in [3.8, 4) is 5.75 Å². The minimum absolute atomic E-state index is 0.0163. The molecule has 4 N–H and O–H groups in total. The van der Waals surface area contributed by atoms with Crippen molar-refractivity contribution in [1.82, 2.24) is 20.7 Å². The van der Waals surface area contributed by atoms with Crippen molar-refractivity contribution >= 4 is 16.9 Å². The number of guanidine groups is 1. The molecule has 0 saturated carbocycles. The lowest BCUT2D eigenvalue weighted by atomic mass is 10.00. The molecule has 0 radical (unpaired) electrons. The molecule has 1 aromatic carbocycles. The number of fused-ring (bicyclic) bond motifs is 1. The van der Waals surface area contributed by atoms with Crippen LogP contribution in [0.2, 0.25) is 0 Å². The van der Waals surface area contributed by atoms with Crippen molar-refractivity contribution in [1.29, 1.82) is 0 Å². The number of aryl methyl sites for hydroxylation is 1. The average Bonchev–Trinajstić information content (AvgIpc) is 2.90. The van der Waals surface area contributed by atoms with E-state index < -0.39 is 5.66 Å². The van der Waals surface area contributed by atoms with Crippen LogP contribution >= 0.6 is 0 Å². The highest BCUT2D eigenvalue weighted by Crippen LogP contribution is 2.32. The molecule has 1 aliphatic heterocycles. The van der Waals surface area contributed by atoms with E-state index in [0.29, 0.717) is 24.4 Å². The van der Waals surface area contributed by atoms with Crippen LogP contribution in [0.5, 0.6) is 5.75 Å². The van der Waals surface area contributed by atoms with Gasteiger partial charge in [0.1, 0.15) is 17.0 Å². The second-order valence-corrected chi connectivity index (χ2v) is 5.61. The minimum atomic E-state index is -0.948. The fourth-order valence-corrected chi connectivity index (χ4v) is 3.00. The summed E-state index contributed by atoms with van der Waals surface area (Å²) in [6.45, 7) is 6.75. The minimum Gasteiger partial charge on any atom is -0.507 e. The Kier molecular flexibility index (Phi) is 3.73. The molecule has 23 heavy (non-hydrogen) atoms. The second kappa shape index (κ2) is 5.58. The van der Waals surface area contributed by atoms with Crippen LogP contribution in [0.25, 0.3) is 10.9 Å². The van der Waals surface area contributed by atoms with Crippen molar-refractivity contribution in [3.05, 3.63) is 40.2 Å². The van der Waals surface area contributed by atoms with Gasteiger partial charge in [0.25, 0.3) is 5.56 Å². The van der Waals surface area contributed by atoms with E-state index in [1.54, 1.807) is 11.5 Å². The summed E-state index contributed by atoms with van der Waals surface area (Å²) < 4.78 is 1.66. The molecule has 1 fully saturated rings. The molecule has 7 heteroatoms. The van der Waals surface area contributed by atoms with Gasteiger partial charge in [0.15, 0.2) is 0 Å². The molecule has 2 aromatic rings. The number of pyridine rings is 1. The zero-order valence-corrected chi connectivity index (χ0v) is 13.5. The fraction of sp³-hybridized carbons (Fsp3) is 0.375. The number of nitrogens with one attached hydrogen (secondary N) is 3. The molecule has 122 valence electrons. The maximum Gasteiger partial charge on any atom is 0.261 e. The second-order valence-electron chi connectivity index (χ2n) is 5.61. The number of hydrogen-bond donors (Lipinski definition) is 4. The Bertz CT molecular complexity index is 842. The standard InChI is InChI=1S/C16H21N5O2/c1-4-17-15-18-16(3,20-19-15)12-13(22)10-8-6-7-9-11(10)21(5-2)14(12)23/h6-9,20,22H,4-5H2,1-3H3,(H2,17,18,19)/t16-/m1/s1. The predicted octanol–water partition coefficient (Wildman–Crippen LogP) is 0.973. The van der Waals surface area contributed by atoms with Crippen LogP contribution < -0.4 is 21.7 Å². The third-order valence-electron chi connectivity index (χ3n) is 4.08. The number of nitrogens with zero attached hydrogens (tertiary/aromatic N) is 2. The first-order valence-electron chi connectivity index (χ1n) is 7.72. The molecule has 0 unspecified atom stereocenters. The number of hydrogen-bond acceptors (Lipinski definition) is 4. The number of aliphatic imine (C=N–C) groups is 1. The molecule has 0 aliphatic carbocycles. The number of para-hydroxylation sites is 1. The molecule has 0 bridgehead atoms. The van der Waals surface area contributed by atoms with Crippen LogP contribution in [-0.4, -0.2) is 22.2 Å². The quantitative estimate of drug-likeness (QED) is 0.678. The van der Waals surface area contributed by atoms with Crippen LogP contribution in [0.4, 0.5) is 0 Å². The smallest absolute Gasteiger partial charge is 0.261 e. The molecule has 0 spiro atoms. The van der Waals surface area contributed by atoms with Gasteiger partial charge in [-0.15, -0.1) is 0 Å². The lowest BCUT2D eigenvalue weighted by molar-refractivity contribution is 0.345. The zero-order chi connectivity index (χ0) is 16.6. The summed E-state index contributed by atoms with van der Waals surface area (Å²) in [5, 5.41) is 14.5. The Balaban J connectivity index is 2.26. The summed E-state index contributed by atoms with van der Waals surface area (Å²) in [5.41, 5.74) is 5.74. The van der Waals surface area contributed by atoms with Crippen LogP contribution in [-0.2, 0) is 12.2 Å². The van der Waals surface area contributed by atoms with Gasteiger partial charge in [-0.2, -0.15) is 0 Å². The van der Waals surface area contributed by atoms with Crippen LogP contribution in [0.1, 0.15) is 26.3 Å². The molecule has 0 amide bonds. The molecule has 3 rings (SSSR count). The van der Waals surface area contributed by atoms with Crippen molar-refractivity contribution in [3.63, 3.8) is 0 Å². The molecule has 1 aromatic heterocycles. The maximum atomic E-state index is 12.9. The zero-order valence-electron chi connectivity index (χ0n) is 13.5. The molecule has 1 saturated heterocycles. The average molecular weight is 315 g/mol. The van der Waals surface area contributed by atoms with E-state index in [9.17, 15) is 9.90 Å². The van der Waals surface area contributed by atoms with E-state index in [-0.39, 0.29) is 16.9 Å². The Labute approximate surface area is 134 Å². The lowest BCUT2D eigenvalue weighted by Gasteiger charge is -2.26. The van der Waals surface area contributed by atoms with E-state index in [4.69, 9.17) is 0 Å². The summed E-state index contributed by atoms with van der Waals surface area (Å²) in [4.78, 5) is 17.2. The highest BCUT2D eigenvalue weighted by Gasteiger charge is 2.39. The number of hydrazine groups is 1. The van der Waals surface area contributed by atoms with E-state index >= 15 is 0 Å². The van der Waals surface area contributed by atoms with Crippen LogP contribution in [0, 0.1) is 0 Å². The third-order valence-corrected chi connectivity index (χ3v) is 4.08. The van der Waals surface area contributed by atoms with E-state index in [0.717, 1.165) is 5.52 Å². The van der Waals surface area contributed by atoms with Crippen molar-refractivity contribution < 1.29 is 5.11 Å². The third kappa shape index (κ3) is 2.33. The largest absolute Gasteiger partial charge is 0.507 e. The maximum absolute atomic E-state index is 12.9. The first kappa shape index (κ1) is 15.4. The van der Waals surface area contributed by atoms with Gasteiger partial charge in [0.2, 0.25) is 5.96 Å². The Morgan fingerprint density at radius 3 is 2.74 bits per heavy atom. The van der Waals surface area contributed by atoms with E-state index in [2.05, 4.69) is 21.2 Å². The fourth-order valence-electron chi connectivity index (χ4n) is 3.00. The first-order valence-corrected chi connectivity index (χ1v) is 7.72. The van der Waals surface area contributed by atoms with Gasteiger partial charge in [-0.05, 0) is 32.9 Å². The highest BCUT2D eigenvalue weighted by molar-refractivity contribution is 5.88. The molecule has 1 aliphatic rings. The lowest BCUT2D eigenvalue weighted by Crippen LogP contribution is -2.49. The summed E-state index contributed by atoms with van der Waals surface area (Å²) >= 11 is 0. The Hall–Kier alpha value is -2.54. The van der Waals surface area contributed by atoms with Gasteiger partial charge < -0.3 is 15.0 Å². The van der Waals surface area contributed by atoms with Gasteiger partial charge in [0, 0.05) is 18.5 Å². The van der Waals surface area contributed by atoms with Gasteiger partial charge in [-0.3, -0.25) is 15.2 Å². The molecule has 2 heterocycles. The monoisotopic (exact) mass is 315 g/mol. The number of benzene rings is 1. The van der Waals surface area contributed by atoms with Crippen molar-refractivity contribution in [2.75, 3.05) is 6.54 Å². The highest BCUT2D eigenvalue weighted by atomic mass is 16.3. The van der Waals surface area contributed by atoms with E-state index in [1.807, 2.05) is 38.1 Å². The van der Waals surface area contributed by atoms with Gasteiger partial charge in [-0.1, -0.05) is 12.1 Å². The molecule has 1 atom stereocenters. The Morgan fingerprint density at radius 2 is 2.04 bits per heavy atom. The summed E-state index contributed by atoms with van der Waals surface area (Å²) in [6.07, 6.45) is 0. The number of aromatic nitrogens is 1. The summed E-state index contributed by atoms with van der Waals surface area (Å²) in [7, 11) is 0. The van der Waals surface area contributed by atoms with Crippen molar-refractivity contribution in [2.45, 2.75) is 33.0 Å². The van der Waals surface area contributed by atoms with Gasteiger partial charge >= 0.3 is 0 Å². The first-order chi connectivity index (χ1) is 11.0. The SMILES string of the molecule is CCN=C1NN[C@](C)(c2c(O)c3ccccc3n(CC)c2=O)N1. The molecular weight excluding hydrogens is 294 g/mol. The molecular formula is C16H21N5O2. The number of rotatable bonds is 3. The normalized spacial score (nSPS) is 22.3. The topological polar surface area (TPSA) is 90.7 Å². The van der Waals surface area contributed by atoms with Gasteiger partial charge in [0.05, 0.1) is 5.52 Å². The number of aromatic hydroxyl groups is 1. The van der Waals surface area contributed by atoms with Gasteiger partial charge in [-0.25, -0.2) is 5.43 Å². The molecule has 7 nitrogen and oxygen atoms in total. The van der Waals surface area contributed by atoms with E-state index in [1.165, 1.54) is 0 Å². The predicted molar refractivity (Wildman–Crippen MR) is 90.3 cm³/mol. The summed E-state index contributed by atoms with van der Waals surface area (Å²) in [6, 6.07) is 7.35. The van der Waals surface area contributed by atoms with Crippen LogP contribution in [0.3, 0.4) is 0 Å². The van der Waals surface area contributed by atoms with Crippen LogP contribution in [0.15, 0.2) is 34.1 Å². The summed E-state index contributed by atoms with van der Waals surface area (Å²) in [5.74, 6) is 0.530. The Morgan fingerprint density at radius 1 is 1.30 bits per heavy atom. The van der Waals surface area contributed by atoms with Crippen molar-refractivity contribution in [2.24, 2.45) is 4.99 Å².